The number of rotatable bonds is 9. The summed E-state index contributed by atoms with van der Waals surface area (Å²) in [5.41, 5.74) is 1.75. The third-order valence-electron chi connectivity index (χ3n) is 5.42. The van der Waals surface area contributed by atoms with Crippen LogP contribution in [0.15, 0.2) is 60.7 Å². The molecule has 10 heteroatoms. The molecule has 0 radical (unpaired) electrons. The lowest BCUT2D eigenvalue weighted by molar-refractivity contribution is 0.0946. The first kappa shape index (κ1) is 24.5. The summed E-state index contributed by atoms with van der Waals surface area (Å²) in [7, 11) is 6.00. The molecule has 1 aromatic heterocycles. The largest absolute Gasteiger partial charge is 0.497 e. The van der Waals surface area contributed by atoms with E-state index in [1.807, 2.05) is 0 Å². The van der Waals surface area contributed by atoms with Crippen LogP contribution in [0.1, 0.15) is 15.9 Å². The van der Waals surface area contributed by atoms with Crippen molar-refractivity contribution in [3.8, 4) is 34.4 Å². The van der Waals surface area contributed by atoms with Gasteiger partial charge < -0.3 is 24.3 Å². The Morgan fingerprint density at radius 2 is 1.53 bits per heavy atom. The number of halogens is 1. The van der Waals surface area contributed by atoms with Crippen LogP contribution >= 0.6 is 0 Å². The molecule has 0 bridgehead atoms. The van der Waals surface area contributed by atoms with E-state index in [0.29, 0.717) is 40.9 Å². The maximum atomic E-state index is 13.6. The maximum absolute atomic E-state index is 13.6. The van der Waals surface area contributed by atoms with E-state index in [-0.39, 0.29) is 17.3 Å². The number of nitrogens with one attached hydrogen (secondary N) is 1. The average molecular weight is 493 g/mol. The molecule has 0 aliphatic heterocycles. The van der Waals surface area contributed by atoms with E-state index in [1.165, 1.54) is 38.1 Å². The first-order valence-corrected chi connectivity index (χ1v) is 10.9. The van der Waals surface area contributed by atoms with E-state index in [9.17, 15) is 9.18 Å². The summed E-state index contributed by atoms with van der Waals surface area (Å²) in [6.07, 6.45) is 0. The summed E-state index contributed by atoms with van der Waals surface area (Å²) in [5, 5.41) is 7.60. The fourth-order valence-electron chi connectivity index (χ4n) is 3.54. The van der Waals surface area contributed by atoms with E-state index in [1.54, 1.807) is 55.6 Å². The van der Waals surface area contributed by atoms with Crippen molar-refractivity contribution < 1.29 is 28.1 Å². The van der Waals surface area contributed by atoms with Crippen LogP contribution in [0, 0.1) is 5.82 Å². The Balaban J connectivity index is 1.74. The molecule has 0 fully saturated rings. The number of nitrogens with zero attached hydrogens (tertiary/aromatic N) is 3. The average Bonchev–Trinajstić information content (AvgIpc) is 3.35. The van der Waals surface area contributed by atoms with Gasteiger partial charge in [0, 0.05) is 17.7 Å². The Kier molecular flexibility index (Phi) is 7.33. The third kappa shape index (κ3) is 5.07. The van der Waals surface area contributed by atoms with Crippen LogP contribution in [-0.2, 0) is 6.54 Å². The predicted octanol–water partition coefficient (Wildman–Crippen LogP) is 4.42. The molecular formula is C26H25FN4O5. The van der Waals surface area contributed by atoms with Crippen LogP contribution in [0.3, 0.4) is 0 Å². The highest BCUT2D eigenvalue weighted by atomic mass is 19.1. The molecule has 36 heavy (non-hydrogen) atoms. The van der Waals surface area contributed by atoms with Crippen molar-refractivity contribution in [2.75, 3.05) is 33.8 Å². The first-order valence-electron chi connectivity index (χ1n) is 10.9. The van der Waals surface area contributed by atoms with Gasteiger partial charge in [0.15, 0.2) is 17.3 Å². The SMILES string of the molecule is COc1ccc(-c2nc(NCc3ccc(F)cc3)n(C(=O)c3cc(OC)c(OC)c(OC)c3)n2)cc1. The van der Waals surface area contributed by atoms with Gasteiger partial charge in [-0.1, -0.05) is 12.1 Å². The van der Waals surface area contributed by atoms with E-state index < -0.39 is 5.91 Å². The Bertz CT molecular complexity index is 1330. The third-order valence-corrected chi connectivity index (χ3v) is 5.42. The number of methoxy groups -OCH3 is 4. The molecule has 1 heterocycles. The molecule has 0 spiro atoms. The lowest BCUT2D eigenvalue weighted by Gasteiger charge is -2.14. The van der Waals surface area contributed by atoms with Crippen LogP contribution in [-0.4, -0.2) is 49.1 Å². The van der Waals surface area contributed by atoms with Gasteiger partial charge in [0.25, 0.3) is 5.91 Å². The Morgan fingerprint density at radius 3 is 2.08 bits per heavy atom. The first-order chi connectivity index (χ1) is 17.5. The molecule has 0 aliphatic carbocycles. The van der Waals surface area contributed by atoms with Crippen LogP contribution in [0.4, 0.5) is 10.3 Å². The van der Waals surface area contributed by atoms with Crippen LogP contribution in [0.25, 0.3) is 11.4 Å². The normalized spacial score (nSPS) is 10.6. The highest BCUT2D eigenvalue weighted by molar-refractivity contribution is 5.98. The fraction of sp³-hybridized carbons (Fsp3) is 0.192. The second-order valence-electron chi connectivity index (χ2n) is 7.60. The molecule has 1 N–H and O–H groups in total. The smallest absolute Gasteiger partial charge is 0.281 e. The number of aromatic nitrogens is 3. The van der Waals surface area contributed by atoms with Gasteiger partial charge in [0.2, 0.25) is 11.7 Å². The second-order valence-corrected chi connectivity index (χ2v) is 7.60. The predicted molar refractivity (Wildman–Crippen MR) is 132 cm³/mol. The molecule has 0 amide bonds. The zero-order valence-electron chi connectivity index (χ0n) is 20.2. The zero-order chi connectivity index (χ0) is 25.7. The van der Waals surface area contributed by atoms with Crippen molar-refractivity contribution in [3.63, 3.8) is 0 Å². The van der Waals surface area contributed by atoms with Gasteiger partial charge in [-0.3, -0.25) is 4.79 Å². The number of carbonyl (C=O) groups is 1. The second kappa shape index (κ2) is 10.8. The van der Waals surface area contributed by atoms with Crippen LogP contribution < -0.4 is 24.3 Å². The molecule has 4 aromatic rings. The van der Waals surface area contributed by atoms with Crippen molar-refractivity contribution in [1.29, 1.82) is 0 Å². The van der Waals surface area contributed by atoms with Gasteiger partial charge in [-0.25, -0.2) is 4.39 Å². The molecular weight excluding hydrogens is 467 g/mol. The van der Waals surface area contributed by atoms with Crippen LogP contribution in [0.2, 0.25) is 0 Å². The minimum atomic E-state index is -0.469. The Hall–Kier alpha value is -4.60. The summed E-state index contributed by atoms with van der Waals surface area (Å²) >= 11 is 0. The van der Waals surface area contributed by atoms with Crippen molar-refractivity contribution in [1.82, 2.24) is 14.8 Å². The summed E-state index contributed by atoms with van der Waals surface area (Å²) < 4.78 is 35.8. The Labute approximate surface area is 207 Å². The molecule has 0 saturated carbocycles. The molecule has 0 aliphatic rings. The quantitative estimate of drug-likeness (QED) is 0.367. The van der Waals surface area contributed by atoms with Gasteiger partial charge in [0.1, 0.15) is 11.6 Å². The number of carbonyl (C=O) groups excluding carboxylic acids is 1. The highest BCUT2D eigenvalue weighted by Gasteiger charge is 2.23. The summed E-state index contributed by atoms with van der Waals surface area (Å²) in [5.74, 6) is 1.45. The minimum Gasteiger partial charge on any atom is -0.497 e. The number of hydrogen-bond acceptors (Lipinski definition) is 8. The zero-order valence-corrected chi connectivity index (χ0v) is 20.2. The molecule has 9 nitrogen and oxygen atoms in total. The summed E-state index contributed by atoms with van der Waals surface area (Å²) in [6, 6.07) is 16.3. The minimum absolute atomic E-state index is 0.212. The van der Waals surface area contributed by atoms with E-state index in [2.05, 4.69) is 15.4 Å². The molecule has 4 rings (SSSR count). The lowest BCUT2D eigenvalue weighted by atomic mass is 10.1. The maximum Gasteiger partial charge on any atom is 0.281 e. The van der Waals surface area contributed by atoms with Gasteiger partial charge >= 0.3 is 0 Å². The van der Waals surface area contributed by atoms with Crippen LogP contribution in [0.5, 0.6) is 23.0 Å². The van der Waals surface area contributed by atoms with Crippen molar-refractivity contribution >= 4 is 11.9 Å². The molecule has 186 valence electrons. The molecule has 0 saturated heterocycles. The topological polar surface area (TPSA) is 96.7 Å². The number of anilines is 1. The van der Waals surface area contributed by atoms with E-state index in [0.717, 1.165) is 5.56 Å². The van der Waals surface area contributed by atoms with Gasteiger partial charge in [0.05, 0.1) is 28.4 Å². The number of benzene rings is 3. The van der Waals surface area contributed by atoms with Crippen molar-refractivity contribution in [2.24, 2.45) is 0 Å². The molecule has 3 aromatic carbocycles. The summed E-state index contributed by atoms with van der Waals surface area (Å²) in [4.78, 5) is 18.2. The van der Waals surface area contributed by atoms with Crippen molar-refractivity contribution in [3.05, 3.63) is 77.6 Å². The van der Waals surface area contributed by atoms with E-state index in [4.69, 9.17) is 18.9 Å². The number of hydrogen-bond donors (Lipinski definition) is 1. The standard InChI is InChI=1S/C26H25FN4O5/c1-33-20-11-7-17(8-12-20)24-29-26(28-15-16-5-9-19(27)10-6-16)31(30-24)25(32)18-13-21(34-2)23(36-4)22(14-18)35-3/h5-14H,15H2,1-4H3,(H,28,29,30). The highest BCUT2D eigenvalue weighted by Crippen LogP contribution is 2.38. The van der Waals surface area contributed by atoms with Gasteiger partial charge in [-0.15, -0.1) is 5.10 Å². The van der Waals surface area contributed by atoms with Gasteiger partial charge in [-0.2, -0.15) is 9.67 Å². The fourth-order valence-corrected chi connectivity index (χ4v) is 3.54. The monoisotopic (exact) mass is 492 g/mol. The summed E-state index contributed by atoms with van der Waals surface area (Å²) in [6.45, 7) is 0.295. The lowest BCUT2D eigenvalue weighted by Crippen LogP contribution is -2.18. The molecule has 0 atom stereocenters. The van der Waals surface area contributed by atoms with Crippen molar-refractivity contribution in [2.45, 2.75) is 6.54 Å². The Morgan fingerprint density at radius 1 is 0.889 bits per heavy atom. The van der Waals surface area contributed by atoms with E-state index >= 15 is 0 Å². The molecule has 0 unspecified atom stereocenters. The number of ether oxygens (including phenoxy) is 4. The van der Waals surface area contributed by atoms with Gasteiger partial charge in [-0.05, 0) is 54.1 Å².